The summed E-state index contributed by atoms with van der Waals surface area (Å²) in [6, 6.07) is 9.97. The molecule has 1 aliphatic rings. The molecule has 5 rings (SSSR count). The van der Waals surface area contributed by atoms with Gasteiger partial charge in [0, 0.05) is 30.2 Å². The van der Waals surface area contributed by atoms with Crippen LogP contribution in [0.5, 0.6) is 5.75 Å². The van der Waals surface area contributed by atoms with Crippen molar-refractivity contribution in [3.8, 4) is 17.0 Å². The van der Waals surface area contributed by atoms with E-state index >= 15 is 0 Å². The highest BCUT2D eigenvalue weighted by atomic mass is 16.5. The Labute approximate surface area is 191 Å². The fraction of sp³-hybridized carbons (Fsp3) is 0.333. The zero-order valence-electron chi connectivity index (χ0n) is 18.7. The van der Waals surface area contributed by atoms with E-state index in [9.17, 15) is 5.11 Å². The highest BCUT2D eigenvalue weighted by Crippen LogP contribution is 2.33. The second-order valence-electron chi connectivity index (χ2n) is 8.67. The summed E-state index contributed by atoms with van der Waals surface area (Å²) in [5.41, 5.74) is 2.75. The molecular formula is C24H27N7O2. The van der Waals surface area contributed by atoms with Crippen molar-refractivity contribution in [1.82, 2.24) is 24.6 Å². The van der Waals surface area contributed by atoms with E-state index in [1.807, 2.05) is 43.5 Å². The van der Waals surface area contributed by atoms with Gasteiger partial charge in [0.1, 0.15) is 11.3 Å². The van der Waals surface area contributed by atoms with Gasteiger partial charge in [-0.3, -0.25) is 9.97 Å². The Morgan fingerprint density at radius 3 is 2.79 bits per heavy atom. The molecule has 9 heteroatoms. The second kappa shape index (κ2) is 8.67. The van der Waals surface area contributed by atoms with E-state index in [1.54, 1.807) is 30.2 Å². The van der Waals surface area contributed by atoms with E-state index < -0.39 is 5.60 Å². The fourth-order valence-electron chi connectivity index (χ4n) is 4.19. The smallest absolute Gasteiger partial charge is 0.247 e. The van der Waals surface area contributed by atoms with Gasteiger partial charge in [0.05, 0.1) is 30.3 Å². The minimum atomic E-state index is -0.574. The van der Waals surface area contributed by atoms with Gasteiger partial charge in [-0.2, -0.15) is 4.98 Å². The number of hydrogen-bond donors (Lipinski definition) is 3. The first kappa shape index (κ1) is 21.1. The van der Waals surface area contributed by atoms with Crippen LogP contribution in [0.15, 0.2) is 55.1 Å². The molecule has 3 aromatic heterocycles. The van der Waals surface area contributed by atoms with Crippen molar-refractivity contribution in [1.29, 1.82) is 0 Å². The summed E-state index contributed by atoms with van der Waals surface area (Å²) in [6.07, 6.45) is 10.2. The summed E-state index contributed by atoms with van der Waals surface area (Å²) in [7, 11) is 1.63. The van der Waals surface area contributed by atoms with Crippen molar-refractivity contribution < 1.29 is 9.84 Å². The molecule has 3 heterocycles. The van der Waals surface area contributed by atoms with Crippen LogP contribution in [0, 0.1) is 0 Å². The van der Waals surface area contributed by atoms with Gasteiger partial charge in [0.2, 0.25) is 5.95 Å². The van der Waals surface area contributed by atoms with E-state index in [4.69, 9.17) is 9.72 Å². The van der Waals surface area contributed by atoms with Crippen LogP contribution >= 0.6 is 0 Å². The number of ether oxygens (including phenoxy) is 1. The minimum Gasteiger partial charge on any atom is -0.495 e. The normalized spacial score (nSPS) is 20.5. The molecule has 0 bridgehead atoms. The van der Waals surface area contributed by atoms with Crippen LogP contribution in [0.1, 0.15) is 32.6 Å². The predicted molar refractivity (Wildman–Crippen MR) is 127 cm³/mol. The molecule has 0 unspecified atom stereocenters. The molecule has 3 N–H and O–H groups in total. The Hall–Kier alpha value is -3.72. The van der Waals surface area contributed by atoms with Gasteiger partial charge in [0.25, 0.3) is 0 Å². The molecule has 4 aromatic rings. The lowest BCUT2D eigenvalue weighted by molar-refractivity contribution is 0.0196. The number of fused-ring (bicyclic) bond motifs is 1. The first-order valence-corrected chi connectivity index (χ1v) is 11.1. The third-order valence-corrected chi connectivity index (χ3v) is 6.10. The second-order valence-corrected chi connectivity index (χ2v) is 8.67. The number of nitrogens with one attached hydrogen (secondary N) is 2. The molecule has 0 spiro atoms. The molecule has 0 atom stereocenters. The van der Waals surface area contributed by atoms with Crippen LogP contribution in [0.2, 0.25) is 0 Å². The van der Waals surface area contributed by atoms with Crippen LogP contribution in [0.4, 0.5) is 17.5 Å². The molecule has 1 aliphatic carbocycles. The molecule has 0 radical (unpaired) electrons. The van der Waals surface area contributed by atoms with E-state index in [-0.39, 0.29) is 6.04 Å². The summed E-state index contributed by atoms with van der Waals surface area (Å²) in [5.74, 6) is 1.87. The van der Waals surface area contributed by atoms with Crippen molar-refractivity contribution in [2.24, 2.45) is 0 Å². The van der Waals surface area contributed by atoms with Crippen molar-refractivity contribution in [2.75, 3.05) is 17.7 Å². The van der Waals surface area contributed by atoms with Crippen LogP contribution in [-0.4, -0.2) is 48.4 Å². The average Bonchev–Trinajstić information content (AvgIpc) is 3.30. The lowest BCUT2D eigenvalue weighted by Crippen LogP contribution is -2.36. The lowest BCUT2D eigenvalue weighted by Gasteiger charge is -2.33. The van der Waals surface area contributed by atoms with Gasteiger partial charge >= 0.3 is 0 Å². The molecule has 170 valence electrons. The zero-order valence-corrected chi connectivity index (χ0v) is 18.7. The molecule has 33 heavy (non-hydrogen) atoms. The average molecular weight is 446 g/mol. The highest BCUT2D eigenvalue weighted by Gasteiger charge is 2.29. The maximum Gasteiger partial charge on any atom is 0.247 e. The van der Waals surface area contributed by atoms with E-state index in [0.29, 0.717) is 11.7 Å². The number of anilines is 3. The number of benzene rings is 1. The van der Waals surface area contributed by atoms with Gasteiger partial charge in [0.15, 0.2) is 5.82 Å². The third kappa shape index (κ3) is 4.58. The van der Waals surface area contributed by atoms with E-state index in [0.717, 1.165) is 54.0 Å². The van der Waals surface area contributed by atoms with Crippen LogP contribution in [-0.2, 0) is 0 Å². The number of rotatable bonds is 6. The number of aliphatic hydroxyl groups is 1. The topological polar surface area (TPSA) is 109 Å². The Balaban J connectivity index is 1.41. The molecular weight excluding hydrogens is 418 g/mol. The molecule has 9 nitrogen and oxygen atoms in total. The minimum absolute atomic E-state index is 0.257. The predicted octanol–water partition coefficient (Wildman–Crippen LogP) is 4.04. The maximum atomic E-state index is 10.3. The van der Waals surface area contributed by atoms with Crippen molar-refractivity contribution in [3.63, 3.8) is 0 Å². The Bertz CT molecular complexity index is 1250. The highest BCUT2D eigenvalue weighted by molar-refractivity contribution is 5.73. The first-order chi connectivity index (χ1) is 16.0. The summed E-state index contributed by atoms with van der Waals surface area (Å²) in [5, 5.41) is 21.7. The zero-order chi connectivity index (χ0) is 22.8. The van der Waals surface area contributed by atoms with Crippen molar-refractivity contribution in [2.45, 2.75) is 44.2 Å². The Morgan fingerprint density at radius 2 is 2.03 bits per heavy atom. The first-order valence-electron chi connectivity index (χ1n) is 11.1. The summed E-state index contributed by atoms with van der Waals surface area (Å²) in [4.78, 5) is 13.2. The van der Waals surface area contributed by atoms with Gasteiger partial charge in [-0.1, -0.05) is 6.07 Å². The SMILES string of the molecule is COc1cc(-c2cnccn2)ccc1Nc1nc(N[C@H]2CC[C@](C)(O)CC2)c2cccn2n1. The number of hydrogen-bond acceptors (Lipinski definition) is 8. The van der Waals surface area contributed by atoms with Crippen molar-refractivity contribution >= 4 is 23.0 Å². The molecule has 1 saturated carbocycles. The van der Waals surface area contributed by atoms with Crippen molar-refractivity contribution in [3.05, 3.63) is 55.1 Å². The molecule has 1 fully saturated rings. The van der Waals surface area contributed by atoms with Crippen LogP contribution in [0.3, 0.4) is 0 Å². The fourth-order valence-corrected chi connectivity index (χ4v) is 4.19. The lowest BCUT2D eigenvalue weighted by atomic mass is 9.84. The quantitative estimate of drug-likeness (QED) is 0.408. The largest absolute Gasteiger partial charge is 0.495 e. The standard InChI is InChI=1S/C24H27N7O2/c1-24(32)9-7-17(8-10-24)27-22-20-4-3-13-31(20)30-23(29-22)28-18-6-5-16(14-21(18)33-2)19-15-25-11-12-26-19/h3-6,11-15,17,32H,7-10H2,1-2H3,(H2,27,28,29,30)/t17-,24-. The third-order valence-electron chi connectivity index (χ3n) is 6.10. The number of aromatic nitrogens is 5. The van der Waals surface area contributed by atoms with Crippen LogP contribution < -0.4 is 15.4 Å². The van der Waals surface area contributed by atoms with Gasteiger partial charge in [-0.15, -0.1) is 5.10 Å². The van der Waals surface area contributed by atoms with E-state index in [2.05, 4.69) is 25.7 Å². The molecule has 1 aromatic carbocycles. The van der Waals surface area contributed by atoms with E-state index in [1.165, 1.54) is 0 Å². The maximum absolute atomic E-state index is 10.3. The number of nitrogens with zero attached hydrogens (tertiary/aromatic N) is 5. The Morgan fingerprint density at radius 1 is 1.18 bits per heavy atom. The summed E-state index contributed by atoms with van der Waals surface area (Å²) < 4.78 is 7.41. The monoisotopic (exact) mass is 445 g/mol. The summed E-state index contributed by atoms with van der Waals surface area (Å²) in [6.45, 7) is 1.91. The number of methoxy groups -OCH3 is 1. The molecule has 0 amide bonds. The van der Waals surface area contributed by atoms with Gasteiger partial charge in [-0.05, 0) is 56.9 Å². The Kier molecular flexibility index (Phi) is 5.55. The molecule has 0 saturated heterocycles. The summed E-state index contributed by atoms with van der Waals surface area (Å²) >= 11 is 0. The molecule has 0 aliphatic heterocycles. The van der Waals surface area contributed by atoms with Crippen LogP contribution in [0.25, 0.3) is 16.8 Å². The van der Waals surface area contributed by atoms with Gasteiger partial charge < -0.3 is 20.5 Å². The van der Waals surface area contributed by atoms with Gasteiger partial charge in [-0.25, -0.2) is 4.52 Å².